The Hall–Kier alpha value is -2.15. The van der Waals surface area contributed by atoms with Crippen LogP contribution in [0.4, 0.5) is 0 Å². The van der Waals surface area contributed by atoms with E-state index in [1.165, 1.54) is 7.11 Å². The Bertz CT molecular complexity index is 716. The molecule has 2 aromatic rings. The van der Waals surface area contributed by atoms with Crippen LogP contribution in [-0.4, -0.2) is 45.3 Å². The van der Waals surface area contributed by atoms with E-state index in [2.05, 4.69) is 9.97 Å². The number of carbonyl (C=O) groups is 1. The van der Waals surface area contributed by atoms with Crippen LogP contribution in [0.15, 0.2) is 24.5 Å². The lowest BCUT2D eigenvalue weighted by atomic mass is 10.1. The Morgan fingerprint density at radius 2 is 2.35 bits per heavy atom. The Balaban J connectivity index is 1.73. The summed E-state index contributed by atoms with van der Waals surface area (Å²) < 4.78 is 5.13. The molecule has 1 atom stereocenters. The molecule has 0 spiro atoms. The minimum absolute atomic E-state index is 0.0345. The van der Waals surface area contributed by atoms with Crippen LogP contribution < -0.4 is 4.74 Å². The van der Waals surface area contributed by atoms with Crippen LogP contribution in [0.2, 0.25) is 0 Å². The number of imidazole rings is 1. The van der Waals surface area contributed by atoms with E-state index in [0.717, 1.165) is 17.0 Å². The van der Waals surface area contributed by atoms with Crippen LogP contribution in [0.1, 0.15) is 22.3 Å². The Morgan fingerprint density at radius 3 is 3.04 bits per heavy atom. The lowest BCUT2D eigenvalue weighted by Crippen LogP contribution is -2.30. The summed E-state index contributed by atoms with van der Waals surface area (Å²) in [5.41, 5.74) is 2.93. The first-order chi connectivity index (χ1) is 11.1. The fourth-order valence-corrected chi connectivity index (χ4v) is 3.93. The lowest BCUT2D eigenvalue weighted by Gasteiger charge is -2.23. The maximum absolute atomic E-state index is 12.2. The topological polar surface area (TPSA) is 78.5 Å². The second kappa shape index (κ2) is 6.54. The average molecular weight is 333 g/mol. The van der Waals surface area contributed by atoms with Gasteiger partial charge in [-0.15, -0.1) is 11.8 Å². The maximum atomic E-state index is 12.2. The highest BCUT2D eigenvalue weighted by atomic mass is 32.2. The van der Waals surface area contributed by atoms with Crippen molar-refractivity contribution < 1.29 is 14.6 Å². The van der Waals surface area contributed by atoms with Gasteiger partial charge in [-0.05, 0) is 31.0 Å². The molecule has 2 heterocycles. The summed E-state index contributed by atoms with van der Waals surface area (Å²) in [5.74, 6) is 1.18. The molecule has 0 radical (unpaired) electrons. The van der Waals surface area contributed by atoms with E-state index in [1.807, 2.05) is 17.9 Å². The third-order valence-corrected chi connectivity index (χ3v) is 5.16. The van der Waals surface area contributed by atoms with Crippen molar-refractivity contribution in [3.63, 3.8) is 0 Å². The number of thioether (sulfide) groups is 1. The molecule has 1 saturated heterocycles. The molecule has 0 saturated carbocycles. The summed E-state index contributed by atoms with van der Waals surface area (Å²) in [6.45, 7) is 2.57. The van der Waals surface area contributed by atoms with E-state index < -0.39 is 0 Å². The number of phenolic OH excluding ortho intramolecular Hbond substituents is 1. The van der Waals surface area contributed by atoms with Gasteiger partial charge in [-0.2, -0.15) is 0 Å². The zero-order valence-electron chi connectivity index (χ0n) is 13.1. The number of hydrogen-bond acceptors (Lipinski definition) is 5. The van der Waals surface area contributed by atoms with E-state index in [0.29, 0.717) is 24.5 Å². The van der Waals surface area contributed by atoms with Crippen LogP contribution >= 0.6 is 11.8 Å². The number of nitrogens with zero attached hydrogens (tertiary/aromatic N) is 2. The summed E-state index contributed by atoms with van der Waals surface area (Å²) in [4.78, 5) is 21.5. The molecule has 122 valence electrons. The van der Waals surface area contributed by atoms with Crippen LogP contribution in [0.5, 0.6) is 11.5 Å². The molecule has 1 amide bonds. The van der Waals surface area contributed by atoms with E-state index in [-0.39, 0.29) is 17.0 Å². The monoisotopic (exact) mass is 333 g/mol. The first kappa shape index (κ1) is 15.7. The van der Waals surface area contributed by atoms with Crippen molar-refractivity contribution in [3.8, 4) is 11.5 Å². The van der Waals surface area contributed by atoms with E-state index in [1.54, 1.807) is 30.2 Å². The molecular formula is C16H19N3O3S. The lowest BCUT2D eigenvalue weighted by molar-refractivity contribution is -0.128. The van der Waals surface area contributed by atoms with Gasteiger partial charge < -0.3 is 19.7 Å². The predicted octanol–water partition coefficient (Wildman–Crippen LogP) is 2.25. The number of hydrogen-bond donors (Lipinski definition) is 2. The van der Waals surface area contributed by atoms with Gasteiger partial charge in [0.2, 0.25) is 5.91 Å². The second-order valence-corrected chi connectivity index (χ2v) is 6.49. The number of aromatic amines is 1. The van der Waals surface area contributed by atoms with Gasteiger partial charge in [0.05, 0.1) is 24.9 Å². The summed E-state index contributed by atoms with van der Waals surface area (Å²) in [6.07, 6.45) is 2.36. The third-order valence-electron chi connectivity index (χ3n) is 3.96. The SMILES string of the molecule is COc1cc(CCN2C(=O)CSC2c2nc[nH]c2C)ccc1O. The average Bonchev–Trinajstić information content (AvgIpc) is 3.12. The zero-order chi connectivity index (χ0) is 16.4. The molecule has 1 aromatic carbocycles. The molecule has 1 fully saturated rings. The van der Waals surface area contributed by atoms with Gasteiger partial charge in [-0.3, -0.25) is 4.79 Å². The minimum atomic E-state index is -0.0345. The number of nitrogens with one attached hydrogen (secondary N) is 1. The summed E-state index contributed by atoms with van der Waals surface area (Å²) in [5, 5.41) is 9.62. The van der Waals surface area contributed by atoms with Gasteiger partial charge in [0.15, 0.2) is 11.5 Å². The number of H-pyrrole nitrogens is 1. The molecule has 6 nitrogen and oxygen atoms in total. The Kier molecular flexibility index (Phi) is 4.47. The van der Waals surface area contributed by atoms with Crippen LogP contribution in [-0.2, 0) is 11.2 Å². The standard InChI is InChI=1S/C16H19N3O3S/c1-10-15(18-9-17-10)16-19(14(21)8-23-16)6-5-11-3-4-12(20)13(7-11)22-2/h3-4,7,9,16,20H,5-6,8H2,1-2H3,(H,17,18). The number of methoxy groups -OCH3 is 1. The number of ether oxygens (including phenoxy) is 1. The first-order valence-corrected chi connectivity index (χ1v) is 8.42. The quantitative estimate of drug-likeness (QED) is 0.877. The van der Waals surface area contributed by atoms with Gasteiger partial charge in [0, 0.05) is 12.2 Å². The zero-order valence-corrected chi connectivity index (χ0v) is 13.9. The smallest absolute Gasteiger partial charge is 0.233 e. The van der Waals surface area contributed by atoms with Gasteiger partial charge in [-0.1, -0.05) is 6.07 Å². The molecule has 0 aliphatic carbocycles. The number of aryl methyl sites for hydroxylation is 1. The van der Waals surface area contributed by atoms with Gasteiger partial charge in [0.1, 0.15) is 5.37 Å². The number of phenols is 1. The molecule has 2 N–H and O–H groups in total. The molecule has 23 heavy (non-hydrogen) atoms. The molecule has 1 aliphatic rings. The Morgan fingerprint density at radius 1 is 1.52 bits per heavy atom. The van der Waals surface area contributed by atoms with Crippen molar-refractivity contribution >= 4 is 17.7 Å². The van der Waals surface area contributed by atoms with Gasteiger partial charge in [0.25, 0.3) is 0 Å². The molecule has 1 aromatic heterocycles. The largest absolute Gasteiger partial charge is 0.504 e. The van der Waals surface area contributed by atoms with Gasteiger partial charge in [-0.25, -0.2) is 4.98 Å². The number of carbonyl (C=O) groups excluding carboxylic acids is 1. The predicted molar refractivity (Wildman–Crippen MR) is 88.6 cm³/mol. The van der Waals surface area contributed by atoms with E-state index in [9.17, 15) is 9.90 Å². The summed E-state index contributed by atoms with van der Waals surface area (Å²) in [6, 6.07) is 5.27. The first-order valence-electron chi connectivity index (χ1n) is 7.37. The fraction of sp³-hybridized carbons (Fsp3) is 0.375. The number of rotatable bonds is 5. The van der Waals surface area contributed by atoms with Crippen molar-refractivity contribution in [1.29, 1.82) is 0 Å². The van der Waals surface area contributed by atoms with Crippen LogP contribution in [0, 0.1) is 6.92 Å². The molecule has 3 rings (SSSR count). The number of benzene rings is 1. The number of aromatic hydroxyl groups is 1. The number of amides is 1. The van der Waals surface area contributed by atoms with Crippen molar-refractivity contribution in [2.75, 3.05) is 19.4 Å². The fourth-order valence-electron chi connectivity index (χ4n) is 2.67. The highest BCUT2D eigenvalue weighted by Gasteiger charge is 2.34. The van der Waals surface area contributed by atoms with E-state index in [4.69, 9.17) is 4.74 Å². The minimum Gasteiger partial charge on any atom is -0.504 e. The molecule has 1 aliphatic heterocycles. The van der Waals surface area contributed by atoms with Crippen molar-refractivity contribution in [1.82, 2.24) is 14.9 Å². The third kappa shape index (κ3) is 3.14. The normalized spacial score (nSPS) is 17.7. The highest BCUT2D eigenvalue weighted by molar-refractivity contribution is 8.00. The summed E-state index contributed by atoms with van der Waals surface area (Å²) in [7, 11) is 1.52. The van der Waals surface area contributed by atoms with E-state index >= 15 is 0 Å². The van der Waals surface area contributed by atoms with Crippen molar-refractivity contribution in [2.24, 2.45) is 0 Å². The molecular weight excluding hydrogens is 314 g/mol. The van der Waals surface area contributed by atoms with Crippen LogP contribution in [0.3, 0.4) is 0 Å². The van der Waals surface area contributed by atoms with Gasteiger partial charge >= 0.3 is 0 Å². The molecule has 7 heteroatoms. The number of aromatic nitrogens is 2. The summed E-state index contributed by atoms with van der Waals surface area (Å²) >= 11 is 1.60. The molecule has 1 unspecified atom stereocenters. The second-order valence-electron chi connectivity index (χ2n) is 5.42. The van der Waals surface area contributed by atoms with Crippen LogP contribution in [0.25, 0.3) is 0 Å². The van der Waals surface area contributed by atoms with Crippen molar-refractivity contribution in [3.05, 3.63) is 41.5 Å². The molecule has 0 bridgehead atoms. The highest BCUT2D eigenvalue weighted by Crippen LogP contribution is 2.38. The van der Waals surface area contributed by atoms with Crippen molar-refractivity contribution in [2.45, 2.75) is 18.7 Å². The maximum Gasteiger partial charge on any atom is 0.233 e. The Labute approximate surface area is 138 Å².